The van der Waals surface area contributed by atoms with Crippen LogP contribution in [0, 0.1) is 19.7 Å². The van der Waals surface area contributed by atoms with Crippen LogP contribution in [-0.4, -0.2) is 33.7 Å². The van der Waals surface area contributed by atoms with E-state index in [2.05, 4.69) is 5.32 Å². The highest BCUT2D eigenvalue weighted by molar-refractivity contribution is 7.92. The van der Waals surface area contributed by atoms with Gasteiger partial charge in [-0.3, -0.25) is 9.10 Å². The van der Waals surface area contributed by atoms with Crippen LogP contribution in [0.4, 0.5) is 10.1 Å². The second kappa shape index (κ2) is 10.5. The van der Waals surface area contributed by atoms with Crippen molar-refractivity contribution in [1.29, 1.82) is 0 Å². The van der Waals surface area contributed by atoms with E-state index < -0.39 is 15.8 Å². The average molecular weight is 471 g/mol. The van der Waals surface area contributed by atoms with Crippen LogP contribution in [-0.2, 0) is 16.6 Å². The molecule has 0 unspecified atom stereocenters. The number of nitrogens with one attached hydrogen (secondary N) is 1. The van der Waals surface area contributed by atoms with Crippen LogP contribution in [0.2, 0.25) is 0 Å². The third kappa shape index (κ3) is 6.55. The molecule has 3 aromatic carbocycles. The van der Waals surface area contributed by atoms with Gasteiger partial charge in [0.05, 0.1) is 25.0 Å². The van der Waals surface area contributed by atoms with Gasteiger partial charge in [-0.15, -0.1) is 0 Å². The monoisotopic (exact) mass is 470 g/mol. The summed E-state index contributed by atoms with van der Waals surface area (Å²) in [6.45, 7) is 4.61. The highest BCUT2D eigenvalue weighted by Gasteiger charge is 2.21. The molecule has 33 heavy (non-hydrogen) atoms. The van der Waals surface area contributed by atoms with Crippen LogP contribution in [0.15, 0.2) is 66.7 Å². The number of hydrogen-bond acceptors (Lipinski definition) is 4. The predicted octanol–water partition coefficient (Wildman–Crippen LogP) is 4.22. The molecular weight excluding hydrogens is 443 g/mol. The first-order valence-electron chi connectivity index (χ1n) is 10.4. The summed E-state index contributed by atoms with van der Waals surface area (Å²) >= 11 is 0. The Morgan fingerprint density at radius 1 is 1.03 bits per heavy atom. The SMILES string of the molecule is Cc1ccc(OCCNC(=O)c2ccc(CN(c3ccccc3F)S(C)(=O)=O)cc2)c(C)c1. The van der Waals surface area contributed by atoms with Crippen molar-refractivity contribution in [2.24, 2.45) is 0 Å². The molecule has 0 bridgehead atoms. The van der Waals surface area contributed by atoms with Gasteiger partial charge >= 0.3 is 0 Å². The Morgan fingerprint density at radius 2 is 1.73 bits per heavy atom. The quantitative estimate of drug-likeness (QED) is 0.475. The summed E-state index contributed by atoms with van der Waals surface area (Å²) in [7, 11) is -3.71. The molecule has 0 atom stereocenters. The van der Waals surface area contributed by atoms with E-state index >= 15 is 0 Å². The molecule has 0 aliphatic rings. The van der Waals surface area contributed by atoms with E-state index in [4.69, 9.17) is 4.74 Å². The molecule has 0 fully saturated rings. The Bertz CT molecular complexity index is 1230. The summed E-state index contributed by atoms with van der Waals surface area (Å²) in [5.74, 6) is -0.105. The zero-order chi connectivity index (χ0) is 24.0. The zero-order valence-electron chi connectivity index (χ0n) is 18.8. The summed E-state index contributed by atoms with van der Waals surface area (Å²) < 4.78 is 45.4. The number of anilines is 1. The van der Waals surface area contributed by atoms with E-state index in [9.17, 15) is 17.6 Å². The van der Waals surface area contributed by atoms with Gasteiger partial charge in [0.1, 0.15) is 18.2 Å². The minimum absolute atomic E-state index is 0.0226. The number of carbonyl (C=O) groups excluding carboxylic acids is 1. The van der Waals surface area contributed by atoms with Gasteiger partial charge in [0.2, 0.25) is 10.0 Å². The van der Waals surface area contributed by atoms with E-state index in [1.54, 1.807) is 30.3 Å². The van der Waals surface area contributed by atoms with Gasteiger partial charge < -0.3 is 10.1 Å². The summed E-state index contributed by atoms with van der Waals surface area (Å²) in [6, 6.07) is 18.1. The van der Waals surface area contributed by atoms with Crippen LogP contribution in [0.25, 0.3) is 0 Å². The zero-order valence-corrected chi connectivity index (χ0v) is 19.7. The van der Waals surface area contributed by atoms with Crippen LogP contribution >= 0.6 is 0 Å². The molecule has 6 nitrogen and oxygen atoms in total. The standard InChI is InChI=1S/C25H27FN2O4S/c1-18-8-13-24(19(2)16-18)32-15-14-27-25(29)21-11-9-20(10-12-21)17-28(33(3,30)31)23-7-5-4-6-22(23)26/h4-13,16H,14-15,17H2,1-3H3,(H,27,29). The fraction of sp³-hybridized carbons (Fsp3) is 0.240. The van der Waals surface area contributed by atoms with E-state index in [0.29, 0.717) is 24.3 Å². The lowest BCUT2D eigenvalue weighted by molar-refractivity contribution is 0.0947. The van der Waals surface area contributed by atoms with Crippen molar-refractivity contribution in [3.8, 4) is 5.75 Å². The molecule has 0 heterocycles. The number of para-hydroxylation sites is 1. The van der Waals surface area contributed by atoms with Crippen molar-refractivity contribution >= 4 is 21.6 Å². The Balaban J connectivity index is 1.58. The number of carbonyl (C=O) groups is 1. The molecule has 8 heteroatoms. The van der Waals surface area contributed by atoms with Gasteiger partial charge in [0.25, 0.3) is 5.91 Å². The Hall–Kier alpha value is -3.39. The Morgan fingerprint density at radius 3 is 2.36 bits per heavy atom. The molecule has 1 amide bonds. The van der Waals surface area contributed by atoms with Crippen LogP contribution in [0.1, 0.15) is 27.0 Å². The Labute approximate surface area is 194 Å². The average Bonchev–Trinajstić information content (AvgIpc) is 2.76. The largest absolute Gasteiger partial charge is 0.491 e. The molecule has 0 saturated heterocycles. The molecule has 0 saturated carbocycles. The topological polar surface area (TPSA) is 75.7 Å². The first-order valence-corrected chi connectivity index (χ1v) is 12.3. The number of rotatable bonds is 9. The summed E-state index contributed by atoms with van der Waals surface area (Å²) in [5.41, 5.74) is 3.23. The number of sulfonamides is 1. The maximum absolute atomic E-state index is 14.2. The molecule has 0 spiro atoms. The van der Waals surface area contributed by atoms with E-state index in [1.807, 2.05) is 32.0 Å². The van der Waals surface area contributed by atoms with Crippen LogP contribution in [0.3, 0.4) is 0 Å². The third-order valence-electron chi connectivity index (χ3n) is 5.04. The minimum atomic E-state index is -3.71. The molecule has 3 rings (SSSR count). The molecule has 1 N–H and O–H groups in total. The van der Waals surface area contributed by atoms with Gasteiger partial charge in [-0.05, 0) is 55.3 Å². The smallest absolute Gasteiger partial charge is 0.251 e. The van der Waals surface area contributed by atoms with Gasteiger partial charge in [-0.1, -0.05) is 42.0 Å². The molecule has 174 valence electrons. The normalized spacial score (nSPS) is 11.2. The number of amides is 1. The highest BCUT2D eigenvalue weighted by atomic mass is 32.2. The number of halogens is 1. The number of ether oxygens (including phenoxy) is 1. The van der Waals surface area contributed by atoms with Crippen molar-refractivity contribution < 1.29 is 22.3 Å². The second-order valence-corrected chi connectivity index (χ2v) is 9.70. The molecule has 3 aromatic rings. The first kappa shape index (κ1) is 24.3. The number of benzene rings is 3. The fourth-order valence-corrected chi connectivity index (χ4v) is 4.24. The summed E-state index contributed by atoms with van der Waals surface area (Å²) in [4.78, 5) is 12.4. The van der Waals surface area contributed by atoms with Crippen molar-refractivity contribution in [3.63, 3.8) is 0 Å². The number of aryl methyl sites for hydroxylation is 2. The maximum atomic E-state index is 14.2. The maximum Gasteiger partial charge on any atom is 0.251 e. The van der Waals surface area contributed by atoms with Crippen molar-refractivity contribution in [3.05, 3.63) is 94.8 Å². The summed E-state index contributed by atoms with van der Waals surface area (Å²) in [6.07, 6.45) is 1.03. The van der Waals surface area contributed by atoms with E-state index in [1.165, 1.54) is 18.2 Å². The van der Waals surface area contributed by atoms with Gasteiger partial charge in [-0.2, -0.15) is 0 Å². The van der Waals surface area contributed by atoms with Crippen molar-refractivity contribution in [1.82, 2.24) is 5.32 Å². The lowest BCUT2D eigenvalue weighted by Gasteiger charge is -2.23. The van der Waals surface area contributed by atoms with Gasteiger partial charge in [0.15, 0.2) is 0 Å². The van der Waals surface area contributed by atoms with Gasteiger partial charge in [-0.25, -0.2) is 12.8 Å². The van der Waals surface area contributed by atoms with Crippen molar-refractivity contribution in [2.75, 3.05) is 23.7 Å². The Kier molecular flexibility index (Phi) is 7.71. The fourth-order valence-electron chi connectivity index (χ4n) is 3.35. The summed E-state index contributed by atoms with van der Waals surface area (Å²) in [5, 5.41) is 2.80. The van der Waals surface area contributed by atoms with E-state index in [-0.39, 0.29) is 18.1 Å². The second-order valence-electron chi connectivity index (χ2n) is 7.79. The highest BCUT2D eigenvalue weighted by Crippen LogP contribution is 2.24. The van der Waals surface area contributed by atoms with E-state index in [0.717, 1.165) is 27.4 Å². The lowest BCUT2D eigenvalue weighted by atomic mass is 10.1. The number of nitrogens with zero attached hydrogens (tertiary/aromatic N) is 1. The first-order chi connectivity index (χ1) is 15.6. The minimum Gasteiger partial charge on any atom is -0.491 e. The van der Waals surface area contributed by atoms with Crippen molar-refractivity contribution in [2.45, 2.75) is 20.4 Å². The molecule has 0 aliphatic carbocycles. The predicted molar refractivity (Wildman–Crippen MR) is 128 cm³/mol. The molecule has 0 aromatic heterocycles. The third-order valence-corrected chi connectivity index (χ3v) is 6.17. The van der Waals surface area contributed by atoms with Crippen LogP contribution in [0.5, 0.6) is 5.75 Å². The van der Waals surface area contributed by atoms with Gasteiger partial charge in [0, 0.05) is 5.56 Å². The molecule has 0 radical (unpaired) electrons. The number of hydrogen-bond donors (Lipinski definition) is 1. The lowest BCUT2D eigenvalue weighted by Crippen LogP contribution is -2.30. The molecular formula is C25H27FN2O4S. The molecule has 0 aliphatic heterocycles. The van der Waals surface area contributed by atoms with Crippen LogP contribution < -0.4 is 14.4 Å².